The molecule has 0 bridgehead atoms. The second-order valence-electron chi connectivity index (χ2n) is 6.33. The third-order valence-corrected chi connectivity index (χ3v) is 5.05. The maximum Gasteiger partial charge on any atom is 0.393 e. The van der Waals surface area contributed by atoms with Crippen molar-refractivity contribution in [3.8, 4) is 11.3 Å². The van der Waals surface area contributed by atoms with Crippen molar-refractivity contribution in [3.05, 3.63) is 35.2 Å². The van der Waals surface area contributed by atoms with Crippen LogP contribution in [0.2, 0.25) is 0 Å². The lowest BCUT2D eigenvalue weighted by Crippen LogP contribution is -2.44. The van der Waals surface area contributed by atoms with Gasteiger partial charge in [-0.05, 0) is 37.6 Å². The number of likely N-dealkylation sites (tertiary alicyclic amines) is 1. The van der Waals surface area contributed by atoms with Gasteiger partial charge in [-0.2, -0.15) is 13.2 Å². The van der Waals surface area contributed by atoms with E-state index >= 15 is 0 Å². The summed E-state index contributed by atoms with van der Waals surface area (Å²) in [5, 5.41) is 4.13. The SMILES string of the molecule is O=C(CN1CCCC(C(F)(F)F)C1)Nc1nc(-c2cc(F)ccc2F)cs1. The van der Waals surface area contributed by atoms with Crippen LogP contribution in [0.1, 0.15) is 12.8 Å². The molecule has 1 aliphatic rings. The first-order chi connectivity index (χ1) is 12.7. The van der Waals surface area contributed by atoms with Crippen molar-refractivity contribution in [1.29, 1.82) is 0 Å². The Morgan fingerprint density at radius 2 is 2.11 bits per heavy atom. The van der Waals surface area contributed by atoms with E-state index < -0.39 is 29.6 Å². The molecule has 2 aromatic rings. The highest BCUT2D eigenvalue weighted by Crippen LogP contribution is 2.33. The van der Waals surface area contributed by atoms with Gasteiger partial charge in [0.15, 0.2) is 5.13 Å². The summed E-state index contributed by atoms with van der Waals surface area (Å²) in [4.78, 5) is 17.6. The molecule has 1 fully saturated rings. The van der Waals surface area contributed by atoms with Crippen molar-refractivity contribution < 1.29 is 26.7 Å². The highest BCUT2D eigenvalue weighted by atomic mass is 32.1. The molecule has 0 radical (unpaired) electrons. The molecule has 146 valence electrons. The molecule has 10 heteroatoms. The molecule has 0 saturated carbocycles. The van der Waals surface area contributed by atoms with Crippen molar-refractivity contribution in [3.63, 3.8) is 0 Å². The first-order valence-corrected chi connectivity index (χ1v) is 9.10. The van der Waals surface area contributed by atoms with Crippen LogP contribution in [-0.4, -0.2) is 41.6 Å². The predicted octanol–water partition coefficient (Wildman–Crippen LogP) is 4.30. The molecule has 1 atom stereocenters. The average molecular weight is 405 g/mol. The quantitative estimate of drug-likeness (QED) is 0.772. The Kier molecular flexibility index (Phi) is 5.75. The zero-order valence-electron chi connectivity index (χ0n) is 14.0. The van der Waals surface area contributed by atoms with Gasteiger partial charge in [0.25, 0.3) is 0 Å². The highest BCUT2D eigenvalue weighted by molar-refractivity contribution is 7.14. The van der Waals surface area contributed by atoms with E-state index in [0.717, 1.165) is 29.5 Å². The molecule has 2 heterocycles. The third-order valence-electron chi connectivity index (χ3n) is 4.29. The van der Waals surface area contributed by atoms with Crippen LogP contribution in [0.5, 0.6) is 0 Å². The lowest BCUT2D eigenvalue weighted by atomic mass is 9.97. The molecule has 1 aliphatic heterocycles. The Morgan fingerprint density at radius 3 is 2.85 bits per heavy atom. The minimum atomic E-state index is -4.27. The van der Waals surface area contributed by atoms with Gasteiger partial charge in [0.05, 0.1) is 18.2 Å². The minimum absolute atomic E-state index is 0.0317. The maximum absolute atomic E-state index is 13.8. The molecule has 1 N–H and O–H groups in total. The number of thiazole rings is 1. The number of piperidine rings is 1. The second-order valence-corrected chi connectivity index (χ2v) is 7.18. The molecule has 1 aromatic heterocycles. The molecule has 1 saturated heterocycles. The first-order valence-electron chi connectivity index (χ1n) is 8.22. The Labute approximate surface area is 156 Å². The largest absolute Gasteiger partial charge is 0.393 e. The summed E-state index contributed by atoms with van der Waals surface area (Å²) in [5.74, 6) is -3.19. The van der Waals surface area contributed by atoms with Crippen LogP contribution in [0, 0.1) is 17.6 Å². The van der Waals surface area contributed by atoms with Crippen molar-refractivity contribution in [2.75, 3.05) is 25.0 Å². The van der Waals surface area contributed by atoms with Crippen molar-refractivity contribution >= 4 is 22.4 Å². The molecule has 1 unspecified atom stereocenters. The lowest BCUT2D eigenvalue weighted by Gasteiger charge is -2.33. The topological polar surface area (TPSA) is 45.2 Å². The van der Waals surface area contributed by atoms with E-state index in [1.807, 2.05) is 0 Å². The number of carbonyl (C=O) groups excluding carboxylic acids is 1. The van der Waals surface area contributed by atoms with Gasteiger partial charge < -0.3 is 5.32 Å². The number of nitrogens with zero attached hydrogens (tertiary/aromatic N) is 2. The summed E-state index contributed by atoms with van der Waals surface area (Å²) < 4.78 is 65.6. The number of hydrogen-bond acceptors (Lipinski definition) is 4. The van der Waals surface area contributed by atoms with E-state index in [1.165, 1.54) is 10.3 Å². The molecule has 3 rings (SSSR count). The van der Waals surface area contributed by atoms with Crippen molar-refractivity contribution in [2.45, 2.75) is 19.0 Å². The highest BCUT2D eigenvalue weighted by Gasteiger charge is 2.41. The van der Waals surface area contributed by atoms with Crippen LogP contribution >= 0.6 is 11.3 Å². The second kappa shape index (κ2) is 7.89. The Balaban J connectivity index is 1.60. The number of rotatable bonds is 4. The van der Waals surface area contributed by atoms with E-state index in [1.54, 1.807) is 0 Å². The van der Waals surface area contributed by atoms with Gasteiger partial charge in [0.1, 0.15) is 11.6 Å². The number of benzene rings is 1. The number of hydrogen-bond donors (Lipinski definition) is 1. The third kappa shape index (κ3) is 5.01. The van der Waals surface area contributed by atoms with E-state index in [9.17, 15) is 26.7 Å². The van der Waals surface area contributed by atoms with E-state index in [0.29, 0.717) is 13.0 Å². The van der Waals surface area contributed by atoms with Gasteiger partial charge in [-0.3, -0.25) is 9.69 Å². The van der Waals surface area contributed by atoms with E-state index in [-0.39, 0.29) is 35.9 Å². The van der Waals surface area contributed by atoms with Crippen molar-refractivity contribution in [2.24, 2.45) is 5.92 Å². The summed E-state index contributed by atoms with van der Waals surface area (Å²) in [6, 6.07) is 2.97. The number of amides is 1. The summed E-state index contributed by atoms with van der Waals surface area (Å²) in [7, 11) is 0. The molecule has 1 aromatic carbocycles. The van der Waals surface area contributed by atoms with E-state index in [2.05, 4.69) is 10.3 Å². The van der Waals surface area contributed by atoms with E-state index in [4.69, 9.17) is 0 Å². The summed E-state index contributed by atoms with van der Waals surface area (Å²) in [6.07, 6.45) is -3.83. The summed E-state index contributed by atoms with van der Waals surface area (Å²) in [6.45, 7) is 0.0159. The van der Waals surface area contributed by atoms with Crippen LogP contribution in [0.25, 0.3) is 11.3 Å². The number of alkyl halides is 3. The fourth-order valence-electron chi connectivity index (χ4n) is 2.98. The Morgan fingerprint density at radius 1 is 1.33 bits per heavy atom. The zero-order chi connectivity index (χ0) is 19.6. The average Bonchev–Trinajstić information content (AvgIpc) is 3.04. The molecular weight excluding hydrogens is 389 g/mol. The van der Waals surface area contributed by atoms with Crippen LogP contribution in [0.3, 0.4) is 0 Å². The van der Waals surface area contributed by atoms with Gasteiger partial charge >= 0.3 is 6.18 Å². The summed E-state index contributed by atoms with van der Waals surface area (Å²) in [5.41, 5.74) is 0.137. The molecular formula is C17H16F5N3OS. The monoisotopic (exact) mass is 405 g/mol. The zero-order valence-corrected chi connectivity index (χ0v) is 14.8. The first kappa shape index (κ1) is 19.7. The number of aromatic nitrogens is 1. The molecule has 27 heavy (non-hydrogen) atoms. The Hall–Kier alpha value is -2.07. The molecule has 1 amide bonds. The standard InChI is InChI=1S/C17H16F5N3OS/c18-11-3-4-13(19)12(6-11)14-9-27-16(23-14)24-15(26)8-25-5-1-2-10(7-25)17(20,21)22/h3-4,6,9-10H,1-2,5,7-8H2,(H,23,24,26). The van der Waals surface area contributed by atoms with Crippen LogP contribution in [-0.2, 0) is 4.79 Å². The molecule has 0 spiro atoms. The molecule has 4 nitrogen and oxygen atoms in total. The van der Waals surface area contributed by atoms with Gasteiger partial charge in [-0.15, -0.1) is 11.3 Å². The number of halogens is 5. The summed E-state index contributed by atoms with van der Waals surface area (Å²) >= 11 is 1.02. The number of anilines is 1. The minimum Gasteiger partial charge on any atom is -0.301 e. The van der Waals surface area contributed by atoms with Crippen LogP contribution in [0.4, 0.5) is 27.1 Å². The number of nitrogens with one attached hydrogen (secondary N) is 1. The normalized spacial score (nSPS) is 18.5. The fourth-order valence-corrected chi connectivity index (χ4v) is 3.70. The lowest BCUT2D eigenvalue weighted by molar-refractivity contribution is -0.186. The molecule has 0 aliphatic carbocycles. The van der Waals surface area contributed by atoms with Gasteiger partial charge in [0, 0.05) is 17.5 Å². The maximum atomic E-state index is 13.8. The fraction of sp³-hybridized carbons (Fsp3) is 0.412. The van der Waals surface area contributed by atoms with Gasteiger partial charge in [-0.25, -0.2) is 13.8 Å². The number of carbonyl (C=O) groups is 1. The van der Waals surface area contributed by atoms with Gasteiger partial charge in [-0.1, -0.05) is 0 Å². The van der Waals surface area contributed by atoms with Crippen LogP contribution in [0.15, 0.2) is 23.6 Å². The Bertz CT molecular complexity index is 823. The van der Waals surface area contributed by atoms with Crippen molar-refractivity contribution in [1.82, 2.24) is 9.88 Å². The predicted molar refractivity (Wildman–Crippen MR) is 91.3 cm³/mol. The van der Waals surface area contributed by atoms with Crippen LogP contribution < -0.4 is 5.32 Å². The van der Waals surface area contributed by atoms with Gasteiger partial charge in [0.2, 0.25) is 5.91 Å². The smallest absolute Gasteiger partial charge is 0.301 e.